The van der Waals surface area contributed by atoms with E-state index >= 15 is 0 Å². The van der Waals surface area contributed by atoms with E-state index in [1.165, 1.54) is 12.1 Å². The molecule has 2 amide bonds. The highest BCUT2D eigenvalue weighted by atomic mass is 35.5. The first-order valence-electron chi connectivity index (χ1n) is 9.60. The monoisotopic (exact) mass is 451 g/mol. The zero-order valence-corrected chi connectivity index (χ0v) is 18.6. The van der Waals surface area contributed by atoms with Gasteiger partial charge in [0.05, 0.1) is 22.3 Å². The van der Waals surface area contributed by atoms with Gasteiger partial charge in [-0.1, -0.05) is 46.6 Å². The molecular weight excluding hydrogens is 428 g/mol. The van der Waals surface area contributed by atoms with Crippen LogP contribution in [0.3, 0.4) is 0 Å². The third-order valence-corrected chi connectivity index (χ3v) is 5.18. The fourth-order valence-corrected chi connectivity index (χ4v) is 3.39. The predicted molar refractivity (Wildman–Crippen MR) is 118 cm³/mol. The summed E-state index contributed by atoms with van der Waals surface area (Å²) in [7, 11) is 0. The number of rotatable bonds is 5. The molecule has 0 aromatic heterocycles. The summed E-state index contributed by atoms with van der Waals surface area (Å²) >= 11 is 12.1. The van der Waals surface area contributed by atoms with E-state index in [0.717, 1.165) is 11.3 Å². The van der Waals surface area contributed by atoms with Crippen molar-refractivity contribution in [1.82, 2.24) is 10.2 Å². The number of nitrogens with zero attached hydrogens (tertiary/aromatic N) is 2. The summed E-state index contributed by atoms with van der Waals surface area (Å²) in [5.41, 5.74) is 1.85. The van der Waals surface area contributed by atoms with Crippen LogP contribution in [0, 0.1) is 5.82 Å². The van der Waals surface area contributed by atoms with Gasteiger partial charge in [-0.3, -0.25) is 0 Å². The van der Waals surface area contributed by atoms with Gasteiger partial charge in [0.2, 0.25) is 0 Å². The summed E-state index contributed by atoms with van der Waals surface area (Å²) < 4.78 is 13.6. The normalized spacial score (nSPS) is 16.1. The Balaban J connectivity index is 1.71. The van der Waals surface area contributed by atoms with Gasteiger partial charge in [0.25, 0.3) is 0 Å². The molecule has 0 bridgehead atoms. The summed E-state index contributed by atoms with van der Waals surface area (Å²) in [6, 6.07) is 11.2. The first-order valence-corrected chi connectivity index (χ1v) is 10.4. The largest absolute Gasteiger partial charge is 0.390 e. The van der Waals surface area contributed by atoms with Crippen molar-refractivity contribution in [2.75, 3.05) is 6.54 Å². The van der Waals surface area contributed by atoms with Crippen LogP contribution in [-0.4, -0.2) is 34.8 Å². The van der Waals surface area contributed by atoms with Crippen molar-refractivity contribution in [1.29, 1.82) is 0 Å². The second-order valence-corrected chi connectivity index (χ2v) is 9.10. The summed E-state index contributed by atoms with van der Waals surface area (Å²) in [6.45, 7) is 6.27. The highest BCUT2D eigenvalue weighted by Crippen LogP contribution is 2.26. The molecule has 5 nitrogen and oxygen atoms in total. The van der Waals surface area contributed by atoms with Crippen LogP contribution in [0.2, 0.25) is 10.0 Å². The Labute approximate surface area is 185 Å². The number of urea groups is 1. The van der Waals surface area contributed by atoms with Crippen LogP contribution in [0.5, 0.6) is 0 Å². The number of benzene rings is 2. The first kappa shape index (κ1) is 22.4. The molecular formula is C22H24Cl2FN3O2. The Kier molecular flexibility index (Phi) is 6.88. The highest BCUT2D eigenvalue weighted by Gasteiger charge is 2.28. The Morgan fingerprint density at radius 1 is 1.23 bits per heavy atom. The molecule has 1 aliphatic rings. The number of nitrogens with one attached hydrogen (secondary N) is 1. The number of halogens is 3. The lowest BCUT2D eigenvalue weighted by Gasteiger charge is -2.29. The number of hydrogen-bond donors (Lipinski definition) is 1. The summed E-state index contributed by atoms with van der Waals surface area (Å²) in [5.74, 6) is -0.342. The molecule has 0 spiro atoms. The van der Waals surface area contributed by atoms with Gasteiger partial charge in [-0.15, -0.1) is 0 Å². The number of oxime groups is 1. The van der Waals surface area contributed by atoms with Crippen LogP contribution in [-0.2, 0) is 11.4 Å². The SMILES string of the molecule is CC(C)(C)NC(=O)N(Cc1cccc(F)c1)CC1CC(c2ccc(Cl)c(Cl)c2)=NO1. The second-order valence-electron chi connectivity index (χ2n) is 8.29. The molecule has 0 radical (unpaired) electrons. The standard InChI is InChI=1S/C22H24Cl2FN3O2/c1-22(2,3)26-21(29)28(12-14-5-4-6-16(25)9-14)13-17-11-20(27-30-17)15-7-8-18(23)19(24)10-15/h4-10,17H,11-13H2,1-3H3,(H,26,29). The highest BCUT2D eigenvalue weighted by molar-refractivity contribution is 6.42. The number of carbonyl (C=O) groups excluding carboxylic acids is 1. The minimum Gasteiger partial charge on any atom is -0.390 e. The van der Waals surface area contributed by atoms with E-state index < -0.39 is 5.54 Å². The van der Waals surface area contributed by atoms with Crippen molar-refractivity contribution in [2.24, 2.45) is 5.16 Å². The maximum Gasteiger partial charge on any atom is 0.318 e. The Morgan fingerprint density at radius 2 is 2.00 bits per heavy atom. The molecule has 1 atom stereocenters. The molecule has 1 N–H and O–H groups in total. The van der Waals surface area contributed by atoms with Crippen molar-refractivity contribution in [3.63, 3.8) is 0 Å². The van der Waals surface area contributed by atoms with Crippen molar-refractivity contribution >= 4 is 34.9 Å². The molecule has 160 valence electrons. The van der Waals surface area contributed by atoms with Crippen molar-refractivity contribution < 1.29 is 14.0 Å². The topological polar surface area (TPSA) is 53.9 Å². The maximum absolute atomic E-state index is 13.6. The molecule has 2 aromatic rings. The number of carbonyl (C=O) groups is 1. The summed E-state index contributed by atoms with van der Waals surface area (Å²) in [6.07, 6.45) is 0.189. The van der Waals surface area contributed by atoms with Gasteiger partial charge < -0.3 is 15.1 Å². The summed E-state index contributed by atoms with van der Waals surface area (Å²) in [4.78, 5) is 20.1. The van der Waals surface area contributed by atoms with E-state index in [0.29, 0.717) is 28.6 Å². The van der Waals surface area contributed by atoms with Crippen molar-refractivity contribution in [2.45, 2.75) is 45.4 Å². The second kappa shape index (κ2) is 9.23. The average Bonchev–Trinajstić information content (AvgIpc) is 3.11. The van der Waals surface area contributed by atoms with Gasteiger partial charge >= 0.3 is 6.03 Å². The minimum atomic E-state index is -0.407. The minimum absolute atomic E-state index is 0.252. The molecule has 2 aromatic carbocycles. The Morgan fingerprint density at radius 3 is 2.67 bits per heavy atom. The average molecular weight is 452 g/mol. The molecule has 3 rings (SSSR count). The molecule has 0 saturated carbocycles. The smallest absolute Gasteiger partial charge is 0.318 e. The van der Waals surface area contributed by atoms with Crippen LogP contribution >= 0.6 is 23.2 Å². The van der Waals surface area contributed by atoms with Crippen molar-refractivity contribution in [3.05, 3.63) is 69.5 Å². The molecule has 1 unspecified atom stereocenters. The van der Waals surface area contributed by atoms with E-state index in [1.807, 2.05) is 26.8 Å². The quantitative estimate of drug-likeness (QED) is 0.639. The van der Waals surface area contributed by atoms with Crippen LogP contribution < -0.4 is 5.32 Å². The molecule has 1 heterocycles. The van der Waals surface area contributed by atoms with E-state index in [2.05, 4.69) is 10.5 Å². The molecule has 8 heteroatoms. The van der Waals surface area contributed by atoms with E-state index in [4.69, 9.17) is 28.0 Å². The number of amides is 2. The van der Waals surface area contributed by atoms with Crippen molar-refractivity contribution in [3.8, 4) is 0 Å². The number of hydrogen-bond acceptors (Lipinski definition) is 3. The zero-order valence-electron chi connectivity index (χ0n) is 17.1. The molecule has 1 aliphatic heterocycles. The van der Waals surface area contributed by atoms with Gasteiger partial charge in [0.15, 0.2) is 6.10 Å². The van der Waals surface area contributed by atoms with Crippen LogP contribution in [0.1, 0.15) is 38.3 Å². The lowest BCUT2D eigenvalue weighted by Crippen LogP contribution is -2.50. The van der Waals surface area contributed by atoms with Gasteiger partial charge in [-0.05, 0) is 50.6 Å². The summed E-state index contributed by atoms with van der Waals surface area (Å²) in [5, 5.41) is 8.03. The third-order valence-electron chi connectivity index (χ3n) is 4.44. The molecule has 0 saturated heterocycles. The van der Waals surface area contributed by atoms with E-state index in [-0.39, 0.29) is 24.5 Å². The van der Waals surface area contributed by atoms with Gasteiger partial charge in [0, 0.05) is 24.1 Å². The molecule has 0 fully saturated rings. The maximum atomic E-state index is 13.6. The van der Waals surface area contributed by atoms with E-state index in [9.17, 15) is 9.18 Å². The fourth-order valence-electron chi connectivity index (χ4n) is 3.09. The van der Waals surface area contributed by atoms with E-state index in [1.54, 1.807) is 29.2 Å². The lowest BCUT2D eigenvalue weighted by molar-refractivity contribution is 0.0580. The van der Waals surface area contributed by atoms with Gasteiger partial charge in [-0.2, -0.15) is 0 Å². The predicted octanol–water partition coefficient (Wildman–Crippen LogP) is 5.64. The third kappa shape index (κ3) is 6.09. The van der Waals surface area contributed by atoms with Crippen LogP contribution in [0.25, 0.3) is 0 Å². The zero-order chi connectivity index (χ0) is 21.9. The van der Waals surface area contributed by atoms with Gasteiger partial charge in [0.1, 0.15) is 5.82 Å². The Bertz CT molecular complexity index is 960. The lowest BCUT2D eigenvalue weighted by atomic mass is 10.0. The first-order chi connectivity index (χ1) is 14.1. The molecule has 30 heavy (non-hydrogen) atoms. The van der Waals surface area contributed by atoms with Crippen LogP contribution in [0.15, 0.2) is 47.6 Å². The fraction of sp³-hybridized carbons (Fsp3) is 0.364. The van der Waals surface area contributed by atoms with Gasteiger partial charge in [-0.25, -0.2) is 9.18 Å². The molecule has 0 aliphatic carbocycles. The Hall–Kier alpha value is -2.31. The van der Waals surface area contributed by atoms with Crippen LogP contribution in [0.4, 0.5) is 9.18 Å².